The van der Waals surface area contributed by atoms with Gasteiger partial charge in [0.05, 0.1) is 6.04 Å². The van der Waals surface area contributed by atoms with Gasteiger partial charge in [-0.05, 0) is 24.6 Å². The topological polar surface area (TPSA) is 29.1 Å². The Kier molecular flexibility index (Phi) is 3.71. The Morgan fingerprint density at radius 3 is 2.27 bits per heavy atom. The van der Waals surface area contributed by atoms with Crippen molar-refractivity contribution in [2.24, 2.45) is 0 Å². The third-order valence-electron chi connectivity index (χ3n) is 1.93. The van der Waals surface area contributed by atoms with Gasteiger partial charge in [0, 0.05) is 0 Å². The van der Waals surface area contributed by atoms with Crippen molar-refractivity contribution in [2.45, 2.75) is 19.4 Å². The number of carbonyl (C=O) groups is 1. The van der Waals surface area contributed by atoms with Gasteiger partial charge in [-0.25, -0.2) is 4.39 Å². The lowest BCUT2D eigenvalue weighted by molar-refractivity contribution is -0.132. The molecule has 0 radical (unpaired) electrons. The molecule has 1 rings (SSSR count). The van der Waals surface area contributed by atoms with Crippen LogP contribution in [0.5, 0.6) is 0 Å². The SMILES string of the molecule is CC(NC(=O)C(F)F)c1ccc(F)cc1. The summed E-state index contributed by atoms with van der Waals surface area (Å²) < 4.78 is 36.3. The van der Waals surface area contributed by atoms with Crippen molar-refractivity contribution < 1.29 is 18.0 Å². The van der Waals surface area contributed by atoms with Crippen LogP contribution < -0.4 is 5.32 Å². The first-order valence-corrected chi connectivity index (χ1v) is 4.34. The van der Waals surface area contributed by atoms with Gasteiger partial charge in [-0.2, -0.15) is 8.78 Å². The molecule has 0 aliphatic carbocycles. The number of rotatable bonds is 3. The van der Waals surface area contributed by atoms with E-state index in [4.69, 9.17) is 0 Å². The second-order valence-electron chi connectivity index (χ2n) is 3.08. The summed E-state index contributed by atoms with van der Waals surface area (Å²) >= 11 is 0. The third-order valence-corrected chi connectivity index (χ3v) is 1.93. The minimum atomic E-state index is -3.03. The van der Waals surface area contributed by atoms with E-state index in [1.54, 1.807) is 6.92 Å². The smallest absolute Gasteiger partial charge is 0.315 e. The molecule has 1 atom stereocenters. The molecule has 0 saturated heterocycles. The Hall–Kier alpha value is -1.52. The number of hydrogen-bond donors (Lipinski definition) is 1. The van der Waals surface area contributed by atoms with Crippen LogP contribution in [0.1, 0.15) is 18.5 Å². The third kappa shape index (κ3) is 3.27. The lowest BCUT2D eigenvalue weighted by Gasteiger charge is -2.13. The van der Waals surface area contributed by atoms with Crippen LogP contribution in [0, 0.1) is 5.82 Å². The van der Waals surface area contributed by atoms with Crippen molar-refractivity contribution in [2.75, 3.05) is 0 Å². The fraction of sp³-hybridized carbons (Fsp3) is 0.300. The van der Waals surface area contributed by atoms with Gasteiger partial charge in [0.15, 0.2) is 0 Å². The van der Waals surface area contributed by atoms with E-state index in [-0.39, 0.29) is 0 Å². The maximum Gasteiger partial charge on any atom is 0.315 e. The zero-order chi connectivity index (χ0) is 11.4. The summed E-state index contributed by atoms with van der Waals surface area (Å²) in [7, 11) is 0. The highest BCUT2D eigenvalue weighted by Gasteiger charge is 2.17. The predicted octanol–water partition coefficient (Wildman–Crippen LogP) is 2.27. The number of amides is 1. The van der Waals surface area contributed by atoms with Gasteiger partial charge in [-0.3, -0.25) is 4.79 Å². The standard InChI is InChI=1S/C10H10F3NO/c1-6(14-10(15)9(12)13)7-2-4-8(11)5-3-7/h2-6,9H,1H3,(H,14,15). The van der Waals surface area contributed by atoms with Gasteiger partial charge in [-0.15, -0.1) is 0 Å². The highest BCUT2D eigenvalue weighted by Crippen LogP contribution is 2.13. The molecule has 15 heavy (non-hydrogen) atoms. The second kappa shape index (κ2) is 4.82. The van der Waals surface area contributed by atoms with Crippen molar-refractivity contribution in [1.82, 2.24) is 5.32 Å². The molecule has 0 heterocycles. The maximum absolute atomic E-state index is 12.5. The van der Waals surface area contributed by atoms with E-state index in [0.717, 1.165) is 0 Å². The summed E-state index contributed by atoms with van der Waals surface area (Å²) in [5.74, 6) is -1.74. The average molecular weight is 217 g/mol. The van der Waals surface area contributed by atoms with Crippen LogP contribution in [0.4, 0.5) is 13.2 Å². The minimum Gasteiger partial charge on any atom is -0.345 e. The van der Waals surface area contributed by atoms with E-state index >= 15 is 0 Å². The summed E-state index contributed by atoms with van der Waals surface area (Å²) in [6, 6.07) is 4.73. The van der Waals surface area contributed by atoms with E-state index in [2.05, 4.69) is 5.32 Å². The van der Waals surface area contributed by atoms with E-state index < -0.39 is 24.2 Å². The van der Waals surface area contributed by atoms with Gasteiger partial charge in [0.1, 0.15) is 5.82 Å². The molecule has 5 heteroatoms. The largest absolute Gasteiger partial charge is 0.345 e. The predicted molar refractivity (Wildman–Crippen MR) is 49.0 cm³/mol. The molecule has 82 valence electrons. The lowest BCUT2D eigenvalue weighted by Crippen LogP contribution is -2.31. The Morgan fingerprint density at radius 2 is 1.80 bits per heavy atom. The molecule has 1 N–H and O–H groups in total. The van der Waals surface area contributed by atoms with Crippen LogP contribution in [-0.2, 0) is 4.79 Å². The second-order valence-corrected chi connectivity index (χ2v) is 3.08. The number of alkyl halides is 2. The molecule has 0 aliphatic rings. The van der Waals surface area contributed by atoms with Crippen molar-refractivity contribution in [1.29, 1.82) is 0 Å². The van der Waals surface area contributed by atoms with Gasteiger partial charge in [-0.1, -0.05) is 12.1 Å². The average Bonchev–Trinajstić information content (AvgIpc) is 2.18. The van der Waals surface area contributed by atoms with Crippen LogP contribution in [0.3, 0.4) is 0 Å². The van der Waals surface area contributed by atoms with Crippen molar-refractivity contribution in [3.8, 4) is 0 Å². The fourth-order valence-electron chi connectivity index (χ4n) is 1.11. The molecule has 0 spiro atoms. The monoisotopic (exact) mass is 217 g/mol. The highest BCUT2D eigenvalue weighted by atomic mass is 19.3. The summed E-state index contributed by atoms with van der Waals surface area (Å²) in [6.07, 6.45) is -3.03. The summed E-state index contributed by atoms with van der Waals surface area (Å²) in [4.78, 5) is 10.7. The molecule has 2 nitrogen and oxygen atoms in total. The maximum atomic E-state index is 12.5. The zero-order valence-corrected chi connectivity index (χ0v) is 8.01. The van der Waals surface area contributed by atoms with Gasteiger partial charge < -0.3 is 5.32 Å². The molecule has 1 unspecified atom stereocenters. The van der Waals surface area contributed by atoms with Crippen molar-refractivity contribution in [3.05, 3.63) is 35.6 Å². The van der Waals surface area contributed by atoms with Gasteiger partial charge in [0.2, 0.25) is 0 Å². The van der Waals surface area contributed by atoms with Gasteiger partial charge >= 0.3 is 6.43 Å². The van der Waals surface area contributed by atoms with Crippen LogP contribution in [0.25, 0.3) is 0 Å². The Bertz CT molecular complexity index is 337. The van der Waals surface area contributed by atoms with Gasteiger partial charge in [0.25, 0.3) is 5.91 Å². The number of hydrogen-bond acceptors (Lipinski definition) is 1. The summed E-state index contributed by atoms with van der Waals surface area (Å²) in [5.41, 5.74) is 0.574. The van der Waals surface area contributed by atoms with E-state index in [9.17, 15) is 18.0 Å². The molecule has 0 aromatic heterocycles. The molecular weight excluding hydrogens is 207 g/mol. The highest BCUT2D eigenvalue weighted by molar-refractivity contribution is 5.79. The fourth-order valence-corrected chi connectivity index (χ4v) is 1.11. The van der Waals surface area contributed by atoms with E-state index in [1.807, 2.05) is 0 Å². The molecule has 1 amide bonds. The first-order valence-electron chi connectivity index (χ1n) is 4.34. The number of nitrogens with one attached hydrogen (secondary N) is 1. The zero-order valence-electron chi connectivity index (χ0n) is 8.01. The molecule has 0 bridgehead atoms. The van der Waals surface area contributed by atoms with Crippen LogP contribution in [-0.4, -0.2) is 12.3 Å². The number of halogens is 3. The first-order chi connectivity index (χ1) is 7.00. The molecule has 1 aromatic carbocycles. The molecule has 1 aromatic rings. The Balaban J connectivity index is 2.65. The summed E-state index contributed by atoms with van der Waals surface area (Å²) in [6.45, 7) is 1.55. The number of carbonyl (C=O) groups excluding carboxylic acids is 1. The summed E-state index contributed by atoms with van der Waals surface area (Å²) in [5, 5.41) is 2.10. The van der Waals surface area contributed by atoms with Crippen LogP contribution >= 0.6 is 0 Å². The van der Waals surface area contributed by atoms with E-state index in [0.29, 0.717) is 5.56 Å². The van der Waals surface area contributed by atoms with Crippen LogP contribution in [0.2, 0.25) is 0 Å². The normalized spacial score (nSPS) is 12.6. The molecule has 0 aliphatic heterocycles. The quantitative estimate of drug-likeness (QED) is 0.826. The molecule has 0 fully saturated rings. The lowest BCUT2D eigenvalue weighted by atomic mass is 10.1. The molecule has 0 saturated carbocycles. The molecular formula is C10H10F3NO. The van der Waals surface area contributed by atoms with Crippen molar-refractivity contribution in [3.63, 3.8) is 0 Å². The minimum absolute atomic E-state index is 0.411. The Labute approximate surface area is 85.1 Å². The van der Waals surface area contributed by atoms with Crippen LogP contribution in [0.15, 0.2) is 24.3 Å². The Morgan fingerprint density at radius 1 is 1.27 bits per heavy atom. The van der Waals surface area contributed by atoms with E-state index in [1.165, 1.54) is 24.3 Å². The number of benzene rings is 1. The van der Waals surface area contributed by atoms with Crippen molar-refractivity contribution >= 4 is 5.91 Å². The first kappa shape index (κ1) is 11.6.